The maximum Gasteiger partial charge on any atom is 0.158 e. The molecule has 2 aromatic rings. The highest BCUT2D eigenvalue weighted by atomic mass is 15.3. The summed E-state index contributed by atoms with van der Waals surface area (Å²) in [7, 11) is 2.07. The molecule has 1 aromatic heterocycles. The van der Waals surface area contributed by atoms with Crippen LogP contribution in [0.4, 0.5) is 5.82 Å². The number of hydrogen-bond donors (Lipinski definition) is 1. The summed E-state index contributed by atoms with van der Waals surface area (Å²) in [5, 5.41) is 14.5. The highest BCUT2D eigenvalue weighted by molar-refractivity contribution is 5.93. The third kappa shape index (κ3) is 3.45. The Morgan fingerprint density at radius 3 is 2.40 bits per heavy atom. The summed E-state index contributed by atoms with van der Waals surface area (Å²) in [5.74, 6) is 0.946. The molecule has 0 aliphatic heterocycles. The van der Waals surface area contributed by atoms with Gasteiger partial charge in [0.25, 0.3) is 0 Å². The van der Waals surface area contributed by atoms with Gasteiger partial charge in [-0.1, -0.05) is 24.3 Å². The molecule has 2 rings (SSSR count). The molecule has 0 amide bonds. The highest BCUT2D eigenvalue weighted by Gasteiger charge is 2.12. The number of hydrogen-bond acceptors (Lipinski definition) is 4. The van der Waals surface area contributed by atoms with E-state index in [1.807, 2.05) is 19.1 Å². The molecule has 0 aliphatic carbocycles. The summed E-state index contributed by atoms with van der Waals surface area (Å²) in [6.45, 7) is 10.3. The van der Waals surface area contributed by atoms with Gasteiger partial charge in [-0.15, -0.1) is 5.10 Å². The Balaban J connectivity index is 2.18. The van der Waals surface area contributed by atoms with Crippen LogP contribution in [0.15, 0.2) is 24.3 Å². The number of anilines is 1. The summed E-state index contributed by atoms with van der Waals surface area (Å²) < 4.78 is 0. The fourth-order valence-electron chi connectivity index (χ4n) is 2.21. The van der Waals surface area contributed by atoms with Crippen LogP contribution in [-0.4, -0.2) is 35.9 Å². The lowest BCUT2D eigenvalue weighted by Gasteiger charge is -2.24. The number of aromatic nitrogens is 2. The van der Waals surface area contributed by atoms with E-state index in [1.54, 1.807) is 0 Å². The molecule has 0 saturated carbocycles. The Hall–Kier alpha value is -1.68. The van der Waals surface area contributed by atoms with Gasteiger partial charge in [0.05, 0.1) is 5.69 Å². The summed E-state index contributed by atoms with van der Waals surface area (Å²) in [6, 6.07) is 8.31. The number of aryl methyl sites for hydroxylation is 1. The van der Waals surface area contributed by atoms with Gasteiger partial charge in [-0.05, 0) is 27.7 Å². The number of rotatable bonds is 4. The van der Waals surface area contributed by atoms with Gasteiger partial charge in [0.1, 0.15) is 0 Å². The highest BCUT2D eigenvalue weighted by Crippen LogP contribution is 2.24. The van der Waals surface area contributed by atoms with Crippen molar-refractivity contribution in [2.45, 2.75) is 33.2 Å². The number of fused-ring (bicyclic) bond motifs is 1. The Morgan fingerprint density at radius 2 is 1.75 bits per heavy atom. The minimum atomic E-state index is 0.141. The zero-order chi connectivity index (χ0) is 14.8. The Bertz CT molecular complexity index is 587. The van der Waals surface area contributed by atoms with Crippen LogP contribution in [0.1, 0.15) is 26.5 Å². The van der Waals surface area contributed by atoms with Crippen molar-refractivity contribution in [2.24, 2.45) is 0 Å². The fourth-order valence-corrected chi connectivity index (χ4v) is 2.21. The summed E-state index contributed by atoms with van der Waals surface area (Å²) in [5.41, 5.74) is 1.12. The van der Waals surface area contributed by atoms with E-state index in [2.05, 4.69) is 60.4 Å². The molecule has 0 unspecified atom stereocenters. The zero-order valence-corrected chi connectivity index (χ0v) is 13.1. The van der Waals surface area contributed by atoms with Crippen molar-refractivity contribution in [3.05, 3.63) is 30.0 Å². The van der Waals surface area contributed by atoms with Crippen molar-refractivity contribution in [2.75, 3.05) is 25.0 Å². The molecule has 0 radical (unpaired) electrons. The molecule has 0 fully saturated rings. The zero-order valence-electron chi connectivity index (χ0n) is 13.1. The van der Waals surface area contributed by atoms with Gasteiger partial charge in [-0.2, -0.15) is 5.10 Å². The van der Waals surface area contributed by atoms with Crippen LogP contribution in [0, 0.1) is 6.92 Å². The van der Waals surface area contributed by atoms with Gasteiger partial charge in [-0.25, -0.2) is 0 Å². The van der Waals surface area contributed by atoms with Crippen molar-refractivity contribution in [1.82, 2.24) is 15.5 Å². The topological polar surface area (TPSA) is 41.1 Å². The smallest absolute Gasteiger partial charge is 0.158 e. The molecular formula is C16H24N4. The molecule has 1 aromatic carbocycles. The average Bonchev–Trinajstić information content (AvgIpc) is 2.38. The summed E-state index contributed by atoms with van der Waals surface area (Å²) >= 11 is 0. The molecule has 1 heterocycles. The van der Waals surface area contributed by atoms with E-state index >= 15 is 0 Å². The molecule has 4 heteroatoms. The number of nitrogens with zero attached hydrogens (tertiary/aromatic N) is 3. The fraction of sp³-hybridized carbons (Fsp3) is 0.500. The number of likely N-dealkylation sites (N-methyl/N-ethyl adjacent to an activating group) is 1. The third-order valence-electron chi connectivity index (χ3n) is 3.32. The van der Waals surface area contributed by atoms with E-state index in [0.717, 1.165) is 24.6 Å². The van der Waals surface area contributed by atoms with Crippen LogP contribution < -0.4 is 10.2 Å². The van der Waals surface area contributed by atoms with E-state index in [1.165, 1.54) is 10.8 Å². The third-order valence-corrected chi connectivity index (χ3v) is 3.32. The summed E-state index contributed by atoms with van der Waals surface area (Å²) in [4.78, 5) is 2.16. The van der Waals surface area contributed by atoms with Crippen LogP contribution >= 0.6 is 0 Å². The Labute approximate surface area is 121 Å². The molecule has 1 N–H and O–H groups in total. The minimum Gasteiger partial charge on any atom is -0.356 e. The lowest BCUT2D eigenvalue weighted by Crippen LogP contribution is -2.40. The molecule has 0 aliphatic rings. The standard InChI is InChI=1S/C16H24N4/c1-12-13-8-6-7-9-14(13)15(19-18-12)20(5)11-10-17-16(2,3)4/h6-9,17H,10-11H2,1-5H3. The van der Waals surface area contributed by atoms with Gasteiger partial charge < -0.3 is 10.2 Å². The maximum atomic E-state index is 4.37. The van der Waals surface area contributed by atoms with Gasteiger partial charge >= 0.3 is 0 Å². The van der Waals surface area contributed by atoms with Crippen LogP contribution in [-0.2, 0) is 0 Å². The van der Waals surface area contributed by atoms with Gasteiger partial charge in [0.15, 0.2) is 5.82 Å². The molecule has 20 heavy (non-hydrogen) atoms. The minimum absolute atomic E-state index is 0.141. The Kier molecular flexibility index (Phi) is 4.23. The largest absolute Gasteiger partial charge is 0.356 e. The first-order valence-corrected chi connectivity index (χ1v) is 7.07. The molecule has 108 valence electrons. The van der Waals surface area contributed by atoms with E-state index in [9.17, 15) is 0 Å². The first-order valence-electron chi connectivity index (χ1n) is 7.07. The van der Waals surface area contributed by atoms with Crippen LogP contribution in [0.5, 0.6) is 0 Å². The molecule has 4 nitrogen and oxygen atoms in total. The monoisotopic (exact) mass is 272 g/mol. The molecule has 0 atom stereocenters. The average molecular weight is 272 g/mol. The van der Waals surface area contributed by atoms with Crippen LogP contribution in [0.3, 0.4) is 0 Å². The van der Waals surface area contributed by atoms with Crippen LogP contribution in [0.2, 0.25) is 0 Å². The second kappa shape index (κ2) is 5.75. The number of nitrogens with one attached hydrogen (secondary N) is 1. The van der Waals surface area contributed by atoms with Crippen molar-refractivity contribution < 1.29 is 0 Å². The van der Waals surface area contributed by atoms with Crippen LogP contribution in [0.25, 0.3) is 10.8 Å². The lowest BCUT2D eigenvalue weighted by atomic mass is 10.1. The van der Waals surface area contributed by atoms with E-state index < -0.39 is 0 Å². The maximum absolute atomic E-state index is 4.37. The summed E-state index contributed by atoms with van der Waals surface area (Å²) in [6.07, 6.45) is 0. The van der Waals surface area contributed by atoms with E-state index in [0.29, 0.717) is 0 Å². The molecule has 0 spiro atoms. The number of benzene rings is 1. The molecule has 0 bridgehead atoms. The van der Waals surface area contributed by atoms with Gasteiger partial charge in [0.2, 0.25) is 0 Å². The van der Waals surface area contributed by atoms with E-state index in [4.69, 9.17) is 0 Å². The normalized spacial score (nSPS) is 11.8. The van der Waals surface area contributed by atoms with Crippen molar-refractivity contribution in [1.29, 1.82) is 0 Å². The predicted molar refractivity (Wildman–Crippen MR) is 85.3 cm³/mol. The predicted octanol–water partition coefficient (Wildman–Crippen LogP) is 2.76. The van der Waals surface area contributed by atoms with Gasteiger partial charge in [0, 0.05) is 36.4 Å². The quantitative estimate of drug-likeness (QED) is 0.929. The van der Waals surface area contributed by atoms with E-state index in [-0.39, 0.29) is 5.54 Å². The van der Waals surface area contributed by atoms with Gasteiger partial charge in [-0.3, -0.25) is 0 Å². The van der Waals surface area contributed by atoms with Crippen molar-refractivity contribution >= 4 is 16.6 Å². The lowest BCUT2D eigenvalue weighted by molar-refractivity contribution is 0.430. The van der Waals surface area contributed by atoms with Crippen molar-refractivity contribution in [3.63, 3.8) is 0 Å². The Morgan fingerprint density at radius 1 is 1.10 bits per heavy atom. The SMILES string of the molecule is Cc1nnc(N(C)CCNC(C)(C)C)c2ccccc12. The second-order valence-electron chi connectivity index (χ2n) is 6.25. The second-order valence-corrected chi connectivity index (χ2v) is 6.25. The molecule has 0 saturated heterocycles. The molecular weight excluding hydrogens is 248 g/mol. The first-order chi connectivity index (χ1) is 9.38. The van der Waals surface area contributed by atoms with Crippen molar-refractivity contribution in [3.8, 4) is 0 Å². The first kappa shape index (κ1) is 14.7.